The van der Waals surface area contributed by atoms with Crippen LogP contribution in [0.2, 0.25) is 0 Å². The molecule has 2 rings (SSSR count). The maximum atomic E-state index is 12.2. The lowest BCUT2D eigenvalue weighted by molar-refractivity contribution is 0.0695. The van der Waals surface area contributed by atoms with Gasteiger partial charge in [0.1, 0.15) is 11.5 Å². The summed E-state index contributed by atoms with van der Waals surface area (Å²) in [5.74, 6) is -1.12. The van der Waals surface area contributed by atoms with E-state index in [2.05, 4.69) is 0 Å². The number of benzene rings is 2. The van der Waals surface area contributed by atoms with Gasteiger partial charge in [-0.05, 0) is 50.3 Å². The summed E-state index contributed by atoms with van der Waals surface area (Å²) in [6.07, 6.45) is 2.71. The SMILES string of the molecule is CC(C)Oc1cc(C(=O)O)ccc1/C=C/C(=O)c1ccccc1O. The number of phenols is 1. The van der Waals surface area contributed by atoms with Gasteiger partial charge in [-0.1, -0.05) is 18.2 Å². The van der Waals surface area contributed by atoms with Crippen LogP contribution in [0.1, 0.15) is 40.1 Å². The third-order valence-corrected chi connectivity index (χ3v) is 3.21. The molecule has 0 saturated heterocycles. The number of rotatable bonds is 6. The zero-order chi connectivity index (χ0) is 17.7. The van der Waals surface area contributed by atoms with Gasteiger partial charge in [0.15, 0.2) is 5.78 Å². The number of ketones is 1. The van der Waals surface area contributed by atoms with E-state index < -0.39 is 5.97 Å². The van der Waals surface area contributed by atoms with Crippen molar-refractivity contribution < 1.29 is 24.5 Å². The second kappa shape index (κ2) is 7.46. The molecule has 0 aliphatic carbocycles. The Labute approximate surface area is 139 Å². The Bertz CT molecular complexity index is 790. The van der Waals surface area contributed by atoms with Crippen molar-refractivity contribution in [3.63, 3.8) is 0 Å². The summed E-state index contributed by atoms with van der Waals surface area (Å²) in [5.41, 5.74) is 0.884. The van der Waals surface area contributed by atoms with Crippen molar-refractivity contribution in [2.45, 2.75) is 20.0 Å². The molecule has 0 aromatic heterocycles. The summed E-state index contributed by atoms with van der Waals surface area (Å²) in [6.45, 7) is 3.65. The number of allylic oxidation sites excluding steroid dienone is 1. The number of para-hydroxylation sites is 1. The second-order valence-electron chi connectivity index (χ2n) is 5.44. The molecular weight excluding hydrogens is 308 g/mol. The lowest BCUT2D eigenvalue weighted by atomic mass is 10.1. The van der Waals surface area contributed by atoms with Crippen LogP contribution in [0.15, 0.2) is 48.5 Å². The maximum absolute atomic E-state index is 12.2. The topological polar surface area (TPSA) is 83.8 Å². The Balaban J connectivity index is 2.32. The number of aromatic carboxylic acids is 1. The molecule has 0 spiro atoms. The zero-order valence-electron chi connectivity index (χ0n) is 13.4. The van der Waals surface area contributed by atoms with Crippen LogP contribution in [-0.4, -0.2) is 28.1 Å². The molecular formula is C19H18O5. The third-order valence-electron chi connectivity index (χ3n) is 3.21. The molecule has 0 radical (unpaired) electrons. The number of ether oxygens (including phenoxy) is 1. The predicted molar refractivity (Wildman–Crippen MR) is 90.6 cm³/mol. The summed E-state index contributed by atoms with van der Waals surface area (Å²) in [7, 11) is 0. The molecule has 0 amide bonds. The van der Waals surface area contributed by atoms with E-state index in [1.54, 1.807) is 18.2 Å². The van der Waals surface area contributed by atoms with E-state index in [1.165, 1.54) is 36.4 Å². The fourth-order valence-electron chi connectivity index (χ4n) is 2.10. The van der Waals surface area contributed by atoms with Gasteiger partial charge in [-0.25, -0.2) is 4.79 Å². The average molecular weight is 326 g/mol. The Kier molecular flexibility index (Phi) is 5.37. The van der Waals surface area contributed by atoms with Gasteiger partial charge in [-0.3, -0.25) is 4.79 Å². The number of aromatic hydroxyl groups is 1. The van der Waals surface area contributed by atoms with Crippen LogP contribution in [0.25, 0.3) is 6.08 Å². The molecule has 0 atom stereocenters. The van der Waals surface area contributed by atoms with Gasteiger partial charge < -0.3 is 14.9 Å². The van der Waals surface area contributed by atoms with E-state index in [-0.39, 0.29) is 28.8 Å². The number of phenolic OH excluding ortho intramolecular Hbond substituents is 1. The second-order valence-corrected chi connectivity index (χ2v) is 5.44. The first-order valence-electron chi connectivity index (χ1n) is 7.43. The van der Waals surface area contributed by atoms with Crippen LogP contribution in [-0.2, 0) is 0 Å². The minimum absolute atomic E-state index is 0.0907. The van der Waals surface area contributed by atoms with Crippen LogP contribution in [0, 0.1) is 0 Å². The summed E-state index contributed by atoms with van der Waals surface area (Å²) >= 11 is 0. The van der Waals surface area contributed by atoms with E-state index in [9.17, 15) is 14.7 Å². The Morgan fingerprint density at radius 3 is 2.46 bits per heavy atom. The van der Waals surface area contributed by atoms with Gasteiger partial charge >= 0.3 is 5.97 Å². The number of carbonyl (C=O) groups is 2. The van der Waals surface area contributed by atoms with Crippen LogP contribution >= 0.6 is 0 Å². The van der Waals surface area contributed by atoms with Crippen molar-refractivity contribution in [2.24, 2.45) is 0 Å². The fraction of sp³-hybridized carbons (Fsp3) is 0.158. The number of carbonyl (C=O) groups excluding carboxylic acids is 1. The summed E-state index contributed by atoms with van der Waals surface area (Å²) in [6, 6.07) is 10.7. The monoisotopic (exact) mass is 326 g/mol. The van der Waals surface area contributed by atoms with Gasteiger partial charge in [0, 0.05) is 5.56 Å². The molecule has 2 aromatic carbocycles. The van der Waals surface area contributed by atoms with E-state index in [4.69, 9.17) is 9.84 Å². The lowest BCUT2D eigenvalue weighted by Crippen LogP contribution is -2.08. The van der Waals surface area contributed by atoms with Crippen molar-refractivity contribution in [3.8, 4) is 11.5 Å². The standard InChI is InChI=1S/C19H18O5/c1-12(2)24-18-11-14(19(22)23)8-7-13(18)9-10-17(21)15-5-3-4-6-16(15)20/h3-12,20H,1-2H3,(H,22,23)/b10-9+. The fourth-order valence-corrected chi connectivity index (χ4v) is 2.10. The van der Waals surface area contributed by atoms with E-state index in [0.717, 1.165) is 0 Å². The molecule has 124 valence electrons. The molecule has 0 fully saturated rings. The van der Waals surface area contributed by atoms with Crippen LogP contribution in [0.3, 0.4) is 0 Å². The van der Waals surface area contributed by atoms with Crippen molar-refractivity contribution in [1.29, 1.82) is 0 Å². The van der Waals surface area contributed by atoms with Gasteiger partial charge in [0.2, 0.25) is 0 Å². The Hall–Kier alpha value is -3.08. The number of hydrogen-bond donors (Lipinski definition) is 2. The molecule has 2 aromatic rings. The minimum Gasteiger partial charge on any atom is -0.507 e. The zero-order valence-corrected chi connectivity index (χ0v) is 13.4. The van der Waals surface area contributed by atoms with Gasteiger partial charge in [-0.2, -0.15) is 0 Å². The van der Waals surface area contributed by atoms with E-state index in [0.29, 0.717) is 11.3 Å². The van der Waals surface area contributed by atoms with Crippen molar-refractivity contribution in [2.75, 3.05) is 0 Å². The van der Waals surface area contributed by atoms with Crippen LogP contribution < -0.4 is 4.74 Å². The van der Waals surface area contributed by atoms with Crippen molar-refractivity contribution in [3.05, 3.63) is 65.2 Å². The highest BCUT2D eigenvalue weighted by Crippen LogP contribution is 2.24. The summed E-state index contributed by atoms with van der Waals surface area (Å²) < 4.78 is 5.62. The van der Waals surface area contributed by atoms with Crippen molar-refractivity contribution >= 4 is 17.8 Å². The van der Waals surface area contributed by atoms with Crippen LogP contribution in [0.5, 0.6) is 11.5 Å². The molecule has 2 N–H and O–H groups in total. The summed E-state index contributed by atoms with van der Waals surface area (Å²) in [5, 5.41) is 18.8. The highest BCUT2D eigenvalue weighted by molar-refractivity contribution is 6.08. The minimum atomic E-state index is -1.05. The quantitative estimate of drug-likeness (QED) is 0.623. The third kappa shape index (κ3) is 4.23. The largest absolute Gasteiger partial charge is 0.507 e. The summed E-state index contributed by atoms with van der Waals surface area (Å²) in [4.78, 5) is 23.2. The van der Waals surface area contributed by atoms with Crippen molar-refractivity contribution in [1.82, 2.24) is 0 Å². The molecule has 5 nitrogen and oxygen atoms in total. The first kappa shape index (κ1) is 17.3. The van der Waals surface area contributed by atoms with Gasteiger partial charge in [-0.15, -0.1) is 0 Å². The predicted octanol–water partition coefficient (Wildman–Crippen LogP) is 3.77. The normalized spacial score (nSPS) is 11.0. The first-order valence-corrected chi connectivity index (χ1v) is 7.43. The smallest absolute Gasteiger partial charge is 0.335 e. The van der Waals surface area contributed by atoms with Gasteiger partial charge in [0.25, 0.3) is 0 Å². The Morgan fingerprint density at radius 2 is 1.83 bits per heavy atom. The van der Waals surface area contributed by atoms with E-state index in [1.807, 2.05) is 13.8 Å². The maximum Gasteiger partial charge on any atom is 0.335 e. The molecule has 0 bridgehead atoms. The van der Waals surface area contributed by atoms with E-state index >= 15 is 0 Å². The number of carboxylic acid groups (broad SMARTS) is 1. The molecule has 5 heteroatoms. The van der Waals surface area contributed by atoms with Crippen LogP contribution in [0.4, 0.5) is 0 Å². The lowest BCUT2D eigenvalue weighted by Gasteiger charge is -2.13. The number of carboxylic acids is 1. The molecule has 0 heterocycles. The molecule has 0 saturated carbocycles. The Morgan fingerprint density at radius 1 is 1.12 bits per heavy atom. The first-order chi connectivity index (χ1) is 11.4. The highest BCUT2D eigenvalue weighted by atomic mass is 16.5. The number of hydrogen-bond acceptors (Lipinski definition) is 4. The average Bonchev–Trinajstić information content (AvgIpc) is 2.53. The molecule has 0 aliphatic rings. The molecule has 24 heavy (non-hydrogen) atoms. The van der Waals surface area contributed by atoms with Gasteiger partial charge in [0.05, 0.1) is 17.2 Å². The highest BCUT2D eigenvalue weighted by Gasteiger charge is 2.11. The molecule has 0 aliphatic heterocycles. The molecule has 0 unspecified atom stereocenters.